The van der Waals surface area contributed by atoms with Crippen molar-refractivity contribution in [1.29, 1.82) is 0 Å². The van der Waals surface area contributed by atoms with E-state index in [1.807, 2.05) is 6.20 Å². The Morgan fingerprint density at radius 3 is 1.97 bits per heavy atom. The molecule has 31 heavy (non-hydrogen) atoms. The number of hydrogen-bond donors (Lipinski definition) is 0. The highest BCUT2D eigenvalue weighted by molar-refractivity contribution is 5.50. The number of morpholine rings is 2. The van der Waals surface area contributed by atoms with Gasteiger partial charge in [-0.1, -0.05) is 0 Å². The lowest BCUT2D eigenvalue weighted by Crippen LogP contribution is -2.40. The molecule has 0 N–H and O–H groups in total. The normalized spacial score (nSPS) is 28.5. The molecule has 8 heteroatoms. The van der Waals surface area contributed by atoms with Gasteiger partial charge in [0.25, 0.3) is 0 Å². The van der Waals surface area contributed by atoms with Crippen molar-refractivity contribution in [3.05, 3.63) is 11.8 Å². The minimum atomic E-state index is 0.705. The van der Waals surface area contributed by atoms with Gasteiger partial charge in [0.15, 0.2) is 0 Å². The van der Waals surface area contributed by atoms with Gasteiger partial charge in [-0.15, -0.1) is 0 Å². The average Bonchev–Trinajstić information content (AvgIpc) is 3.45. The summed E-state index contributed by atoms with van der Waals surface area (Å²) in [4.78, 5) is 19.8. The second-order valence-electron chi connectivity index (χ2n) is 9.70. The molecular weight excluding hydrogens is 392 g/mol. The number of aryl methyl sites for hydroxylation is 1. The zero-order chi connectivity index (χ0) is 21.0. The number of aromatic nitrogens is 2. The van der Waals surface area contributed by atoms with Gasteiger partial charge < -0.3 is 19.3 Å². The summed E-state index contributed by atoms with van der Waals surface area (Å²) in [6, 6.07) is 0. The van der Waals surface area contributed by atoms with Gasteiger partial charge in [0.05, 0.1) is 26.4 Å². The first-order valence-corrected chi connectivity index (χ1v) is 12.2. The van der Waals surface area contributed by atoms with Crippen molar-refractivity contribution >= 4 is 11.8 Å². The van der Waals surface area contributed by atoms with E-state index in [0.717, 1.165) is 96.5 Å². The maximum absolute atomic E-state index is 5.50. The zero-order valence-electron chi connectivity index (χ0n) is 19.0. The van der Waals surface area contributed by atoms with Crippen molar-refractivity contribution in [2.45, 2.75) is 19.8 Å². The Morgan fingerprint density at radius 1 is 0.806 bits per heavy atom. The minimum absolute atomic E-state index is 0.705. The van der Waals surface area contributed by atoms with Gasteiger partial charge in [0.1, 0.15) is 5.82 Å². The predicted molar refractivity (Wildman–Crippen MR) is 122 cm³/mol. The summed E-state index contributed by atoms with van der Waals surface area (Å²) < 4.78 is 11.0. The van der Waals surface area contributed by atoms with Crippen LogP contribution in [0, 0.1) is 18.8 Å². The van der Waals surface area contributed by atoms with Crippen molar-refractivity contribution in [3.8, 4) is 0 Å². The molecule has 2 atom stereocenters. The topological polar surface area (TPSA) is 57.2 Å². The van der Waals surface area contributed by atoms with Gasteiger partial charge in [-0.3, -0.25) is 9.80 Å². The van der Waals surface area contributed by atoms with Crippen LogP contribution in [0.15, 0.2) is 6.20 Å². The Hall–Kier alpha value is -1.48. The monoisotopic (exact) mass is 430 g/mol. The summed E-state index contributed by atoms with van der Waals surface area (Å²) in [6.45, 7) is 16.7. The Labute approximate surface area is 186 Å². The summed E-state index contributed by atoms with van der Waals surface area (Å²) in [5.74, 6) is 3.49. The molecule has 1 aromatic heterocycles. The number of hydrogen-bond acceptors (Lipinski definition) is 8. The van der Waals surface area contributed by atoms with Crippen LogP contribution < -0.4 is 9.80 Å². The number of anilines is 2. The van der Waals surface area contributed by atoms with Crippen LogP contribution in [0.5, 0.6) is 0 Å². The van der Waals surface area contributed by atoms with Crippen LogP contribution in [0.3, 0.4) is 0 Å². The lowest BCUT2D eigenvalue weighted by molar-refractivity contribution is 0.0319. The zero-order valence-corrected chi connectivity index (χ0v) is 19.0. The maximum Gasteiger partial charge on any atom is 0.227 e. The largest absolute Gasteiger partial charge is 0.379 e. The van der Waals surface area contributed by atoms with Crippen molar-refractivity contribution in [2.75, 3.05) is 102 Å². The molecule has 8 nitrogen and oxygen atoms in total. The molecule has 0 aliphatic carbocycles. The van der Waals surface area contributed by atoms with Crippen LogP contribution in [0.1, 0.15) is 18.4 Å². The summed E-state index contributed by atoms with van der Waals surface area (Å²) in [5.41, 5.74) is 1.19. The number of nitrogens with zero attached hydrogens (tertiary/aromatic N) is 6. The number of rotatable bonds is 6. The summed E-state index contributed by atoms with van der Waals surface area (Å²) >= 11 is 0. The van der Waals surface area contributed by atoms with Gasteiger partial charge in [0.2, 0.25) is 5.95 Å². The molecule has 0 amide bonds. The van der Waals surface area contributed by atoms with Crippen LogP contribution in [0.2, 0.25) is 0 Å². The molecule has 4 fully saturated rings. The second kappa shape index (κ2) is 9.98. The Balaban J connectivity index is 1.17. The first-order valence-electron chi connectivity index (χ1n) is 12.2. The Kier molecular flexibility index (Phi) is 6.88. The fourth-order valence-electron chi connectivity index (χ4n) is 5.53. The Bertz CT molecular complexity index is 722. The molecule has 4 aliphatic heterocycles. The summed E-state index contributed by atoms with van der Waals surface area (Å²) in [7, 11) is 0. The molecule has 0 aromatic carbocycles. The smallest absolute Gasteiger partial charge is 0.227 e. The molecule has 0 spiro atoms. The quantitative estimate of drug-likeness (QED) is 0.665. The third-order valence-corrected chi connectivity index (χ3v) is 7.33. The van der Waals surface area contributed by atoms with E-state index in [0.29, 0.717) is 5.92 Å². The molecule has 172 valence electrons. The molecule has 1 aromatic rings. The number of ether oxygens (including phenoxy) is 2. The molecular formula is C23H38N6O2. The Morgan fingerprint density at radius 2 is 1.35 bits per heavy atom. The van der Waals surface area contributed by atoms with Crippen molar-refractivity contribution in [3.63, 3.8) is 0 Å². The van der Waals surface area contributed by atoms with E-state index in [4.69, 9.17) is 19.4 Å². The predicted octanol–water partition coefficient (Wildman–Crippen LogP) is 1.10. The lowest BCUT2D eigenvalue weighted by atomic mass is 10.1. The lowest BCUT2D eigenvalue weighted by Gasteiger charge is -2.29. The molecule has 4 saturated heterocycles. The van der Waals surface area contributed by atoms with Crippen LogP contribution in [-0.2, 0) is 9.47 Å². The maximum atomic E-state index is 5.50. The van der Waals surface area contributed by atoms with E-state index < -0.39 is 0 Å². The van der Waals surface area contributed by atoms with E-state index in [9.17, 15) is 0 Å². The van der Waals surface area contributed by atoms with Crippen molar-refractivity contribution in [2.24, 2.45) is 11.8 Å². The summed E-state index contributed by atoms with van der Waals surface area (Å²) in [6.07, 6.45) is 4.51. The molecule has 2 unspecified atom stereocenters. The molecule has 5 heterocycles. The average molecular weight is 431 g/mol. The van der Waals surface area contributed by atoms with Crippen LogP contribution in [-0.4, -0.2) is 112 Å². The third kappa shape index (κ3) is 5.30. The fraction of sp³-hybridized carbons (Fsp3) is 0.826. The minimum Gasteiger partial charge on any atom is -0.379 e. The molecule has 5 rings (SSSR count). The molecule has 0 bridgehead atoms. The van der Waals surface area contributed by atoms with E-state index in [2.05, 4.69) is 26.5 Å². The van der Waals surface area contributed by atoms with E-state index in [1.165, 1.54) is 31.5 Å². The fourth-order valence-corrected chi connectivity index (χ4v) is 5.53. The SMILES string of the molecule is Cc1cnc(N2CCC(CN3CCOCC3)C2)nc1N1CCC(CN2CCOCC2)C1. The van der Waals surface area contributed by atoms with Crippen LogP contribution in [0.4, 0.5) is 11.8 Å². The van der Waals surface area contributed by atoms with E-state index in [-0.39, 0.29) is 0 Å². The van der Waals surface area contributed by atoms with Gasteiger partial charge in [-0.05, 0) is 31.6 Å². The van der Waals surface area contributed by atoms with Crippen LogP contribution in [0.25, 0.3) is 0 Å². The highest BCUT2D eigenvalue weighted by Crippen LogP contribution is 2.29. The first-order chi connectivity index (χ1) is 15.2. The van der Waals surface area contributed by atoms with Gasteiger partial charge in [-0.2, -0.15) is 4.98 Å². The summed E-state index contributed by atoms with van der Waals surface area (Å²) in [5, 5.41) is 0. The highest BCUT2D eigenvalue weighted by Gasteiger charge is 2.30. The third-order valence-electron chi connectivity index (χ3n) is 7.33. The first kappa shape index (κ1) is 21.4. The highest BCUT2D eigenvalue weighted by atomic mass is 16.5. The standard InChI is InChI=1S/C23H38N6O2/c1-19-14-24-23(29-5-3-21(18-29)16-27-8-12-31-13-9-27)25-22(19)28-4-2-20(17-28)15-26-6-10-30-11-7-26/h14,20-21H,2-13,15-18H2,1H3. The van der Waals surface area contributed by atoms with E-state index >= 15 is 0 Å². The molecule has 4 aliphatic rings. The van der Waals surface area contributed by atoms with Crippen molar-refractivity contribution in [1.82, 2.24) is 19.8 Å². The second-order valence-corrected chi connectivity index (χ2v) is 9.70. The van der Waals surface area contributed by atoms with Crippen LogP contribution >= 0.6 is 0 Å². The van der Waals surface area contributed by atoms with Gasteiger partial charge in [0, 0.05) is 77.2 Å². The van der Waals surface area contributed by atoms with E-state index in [1.54, 1.807) is 0 Å². The van der Waals surface area contributed by atoms with Gasteiger partial charge in [-0.25, -0.2) is 4.98 Å². The van der Waals surface area contributed by atoms with Gasteiger partial charge >= 0.3 is 0 Å². The van der Waals surface area contributed by atoms with Crippen molar-refractivity contribution < 1.29 is 9.47 Å². The molecule has 0 radical (unpaired) electrons. The molecule has 0 saturated carbocycles.